The zero-order chi connectivity index (χ0) is 14.4. The van der Waals surface area contributed by atoms with E-state index in [9.17, 15) is 4.79 Å². The lowest BCUT2D eigenvalue weighted by molar-refractivity contribution is -0.125. The molecule has 0 spiro atoms. The van der Waals surface area contributed by atoms with Gasteiger partial charge in [0.05, 0.1) is 0 Å². The molecule has 2 nitrogen and oxygen atoms in total. The molecule has 2 rings (SSSR count). The van der Waals surface area contributed by atoms with Gasteiger partial charge in [0, 0.05) is 24.7 Å². The van der Waals surface area contributed by atoms with Crippen LogP contribution in [0, 0.1) is 0 Å². The number of carbonyl (C=O) groups excluding carboxylic acids is 1. The first-order chi connectivity index (χ1) is 9.65. The standard InChI is InChI=1S/C17H16ClNO/c1-19(13-15-6-3-2-4-7-15)17(20)11-10-14-8-5-9-16(18)12-14/h2-12H,13H2,1H3/b11-10+. The fourth-order valence-electron chi connectivity index (χ4n) is 1.84. The van der Waals surface area contributed by atoms with Crippen molar-refractivity contribution in [3.63, 3.8) is 0 Å². The highest BCUT2D eigenvalue weighted by molar-refractivity contribution is 6.30. The maximum Gasteiger partial charge on any atom is 0.246 e. The highest BCUT2D eigenvalue weighted by atomic mass is 35.5. The number of likely N-dealkylation sites (N-methyl/N-ethyl adjacent to an activating group) is 1. The number of hydrogen-bond acceptors (Lipinski definition) is 1. The van der Waals surface area contributed by atoms with E-state index >= 15 is 0 Å². The van der Waals surface area contributed by atoms with Crippen molar-refractivity contribution in [2.45, 2.75) is 6.54 Å². The van der Waals surface area contributed by atoms with E-state index in [0.717, 1.165) is 11.1 Å². The van der Waals surface area contributed by atoms with Crippen LogP contribution in [-0.2, 0) is 11.3 Å². The van der Waals surface area contributed by atoms with Crippen molar-refractivity contribution in [2.24, 2.45) is 0 Å². The van der Waals surface area contributed by atoms with Gasteiger partial charge >= 0.3 is 0 Å². The largest absolute Gasteiger partial charge is 0.338 e. The van der Waals surface area contributed by atoms with Crippen molar-refractivity contribution in [1.82, 2.24) is 4.90 Å². The van der Waals surface area contributed by atoms with Gasteiger partial charge in [0.2, 0.25) is 5.91 Å². The van der Waals surface area contributed by atoms with Gasteiger partial charge in [0.25, 0.3) is 0 Å². The SMILES string of the molecule is CN(Cc1ccccc1)C(=O)/C=C/c1cccc(Cl)c1. The summed E-state index contributed by atoms with van der Waals surface area (Å²) < 4.78 is 0. The third-order valence-electron chi connectivity index (χ3n) is 2.91. The second kappa shape index (κ2) is 6.92. The van der Waals surface area contributed by atoms with Crippen molar-refractivity contribution in [2.75, 3.05) is 7.05 Å². The van der Waals surface area contributed by atoms with Gasteiger partial charge in [-0.25, -0.2) is 0 Å². The first-order valence-corrected chi connectivity index (χ1v) is 6.75. The van der Waals surface area contributed by atoms with Crippen LogP contribution in [0.1, 0.15) is 11.1 Å². The Morgan fingerprint density at radius 1 is 1.15 bits per heavy atom. The average Bonchev–Trinajstić information content (AvgIpc) is 2.46. The van der Waals surface area contributed by atoms with Gasteiger partial charge in [-0.2, -0.15) is 0 Å². The number of carbonyl (C=O) groups is 1. The summed E-state index contributed by atoms with van der Waals surface area (Å²) in [6.45, 7) is 0.597. The van der Waals surface area contributed by atoms with Gasteiger partial charge in [-0.3, -0.25) is 4.79 Å². The monoisotopic (exact) mass is 285 g/mol. The first kappa shape index (κ1) is 14.4. The van der Waals surface area contributed by atoms with Crippen LogP contribution in [0.2, 0.25) is 5.02 Å². The Hall–Kier alpha value is -2.06. The minimum Gasteiger partial charge on any atom is -0.338 e. The highest BCUT2D eigenvalue weighted by Crippen LogP contribution is 2.12. The molecule has 2 aromatic carbocycles. The van der Waals surface area contributed by atoms with Gasteiger partial charge in [-0.05, 0) is 29.3 Å². The maximum atomic E-state index is 12.0. The molecule has 1 amide bonds. The minimum absolute atomic E-state index is 0.0335. The number of nitrogens with zero attached hydrogens (tertiary/aromatic N) is 1. The lowest BCUT2D eigenvalue weighted by atomic mass is 10.2. The van der Waals surface area contributed by atoms with E-state index in [1.807, 2.05) is 54.6 Å². The van der Waals surface area contributed by atoms with Crippen molar-refractivity contribution in [3.05, 3.63) is 76.8 Å². The van der Waals surface area contributed by atoms with Gasteiger partial charge in [0.1, 0.15) is 0 Å². The van der Waals surface area contributed by atoms with E-state index in [1.165, 1.54) is 0 Å². The van der Waals surface area contributed by atoms with Crippen LogP contribution in [0.3, 0.4) is 0 Å². The molecule has 2 aromatic rings. The third-order valence-corrected chi connectivity index (χ3v) is 3.14. The lowest BCUT2D eigenvalue weighted by Gasteiger charge is -2.14. The summed E-state index contributed by atoms with van der Waals surface area (Å²) in [5.41, 5.74) is 2.03. The minimum atomic E-state index is -0.0335. The van der Waals surface area contributed by atoms with E-state index < -0.39 is 0 Å². The predicted molar refractivity (Wildman–Crippen MR) is 83.4 cm³/mol. The van der Waals surface area contributed by atoms with Crippen molar-refractivity contribution < 1.29 is 4.79 Å². The van der Waals surface area contributed by atoms with Crippen molar-refractivity contribution in [3.8, 4) is 0 Å². The molecular weight excluding hydrogens is 270 g/mol. The topological polar surface area (TPSA) is 20.3 Å². The Morgan fingerprint density at radius 2 is 1.90 bits per heavy atom. The molecule has 0 aromatic heterocycles. The molecule has 0 saturated carbocycles. The molecular formula is C17H16ClNO. The Labute approximate surface area is 124 Å². The van der Waals surface area contributed by atoms with Gasteiger partial charge in [-0.15, -0.1) is 0 Å². The van der Waals surface area contributed by atoms with E-state index in [-0.39, 0.29) is 5.91 Å². The Balaban J connectivity index is 1.97. The van der Waals surface area contributed by atoms with Crippen LogP contribution >= 0.6 is 11.6 Å². The van der Waals surface area contributed by atoms with Crippen LogP contribution in [0.15, 0.2) is 60.7 Å². The quantitative estimate of drug-likeness (QED) is 0.777. The number of rotatable bonds is 4. The molecule has 0 saturated heterocycles. The molecule has 0 atom stereocenters. The molecule has 20 heavy (non-hydrogen) atoms. The zero-order valence-electron chi connectivity index (χ0n) is 11.3. The molecule has 3 heteroatoms. The van der Waals surface area contributed by atoms with Gasteiger partial charge in [0.15, 0.2) is 0 Å². The number of halogens is 1. The van der Waals surface area contributed by atoms with Crippen molar-refractivity contribution in [1.29, 1.82) is 0 Å². The molecule has 0 bridgehead atoms. The molecule has 0 aliphatic rings. The van der Waals surface area contributed by atoms with E-state index in [2.05, 4.69) is 0 Å². The second-order valence-electron chi connectivity index (χ2n) is 4.57. The van der Waals surface area contributed by atoms with E-state index in [4.69, 9.17) is 11.6 Å². The molecule has 0 heterocycles. The van der Waals surface area contributed by atoms with Crippen LogP contribution < -0.4 is 0 Å². The first-order valence-electron chi connectivity index (χ1n) is 6.38. The lowest BCUT2D eigenvalue weighted by Crippen LogP contribution is -2.23. The molecule has 0 radical (unpaired) electrons. The zero-order valence-corrected chi connectivity index (χ0v) is 12.0. The van der Waals surface area contributed by atoms with Crippen LogP contribution in [-0.4, -0.2) is 17.9 Å². The van der Waals surface area contributed by atoms with Crippen molar-refractivity contribution >= 4 is 23.6 Å². The Bertz CT molecular complexity index is 607. The summed E-state index contributed by atoms with van der Waals surface area (Å²) in [4.78, 5) is 13.7. The van der Waals surface area contributed by atoms with Crippen LogP contribution in [0.25, 0.3) is 6.08 Å². The highest BCUT2D eigenvalue weighted by Gasteiger charge is 2.05. The Morgan fingerprint density at radius 3 is 2.60 bits per heavy atom. The fourth-order valence-corrected chi connectivity index (χ4v) is 2.04. The Kier molecular flexibility index (Phi) is 4.97. The second-order valence-corrected chi connectivity index (χ2v) is 5.00. The number of amides is 1. The average molecular weight is 286 g/mol. The predicted octanol–water partition coefficient (Wildman–Crippen LogP) is 4.01. The number of benzene rings is 2. The van der Waals surface area contributed by atoms with E-state index in [0.29, 0.717) is 11.6 Å². The van der Waals surface area contributed by atoms with Crippen LogP contribution in [0.5, 0.6) is 0 Å². The third kappa shape index (κ3) is 4.25. The fraction of sp³-hybridized carbons (Fsp3) is 0.118. The van der Waals surface area contributed by atoms with Gasteiger partial charge in [-0.1, -0.05) is 54.1 Å². The normalized spacial score (nSPS) is 10.7. The maximum absolute atomic E-state index is 12.0. The summed E-state index contributed by atoms with van der Waals surface area (Å²) in [6, 6.07) is 17.3. The molecule has 0 unspecified atom stereocenters. The molecule has 102 valence electrons. The molecule has 0 aliphatic heterocycles. The molecule has 0 aliphatic carbocycles. The summed E-state index contributed by atoms with van der Waals surface area (Å²) in [7, 11) is 1.79. The molecule has 0 N–H and O–H groups in total. The van der Waals surface area contributed by atoms with Gasteiger partial charge < -0.3 is 4.90 Å². The van der Waals surface area contributed by atoms with Crippen LogP contribution in [0.4, 0.5) is 0 Å². The summed E-state index contributed by atoms with van der Waals surface area (Å²) in [6.07, 6.45) is 3.34. The smallest absolute Gasteiger partial charge is 0.246 e. The van der Waals surface area contributed by atoms with E-state index in [1.54, 1.807) is 24.1 Å². The number of hydrogen-bond donors (Lipinski definition) is 0. The summed E-state index contributed by atoms with van der Waals surface area (Å²) in [5, 5.41) is 0.664. The summed E-state index contributed by atoms with van der Waals surface area (Å²) in [5.74, 6) is -0.0335. The summed E-state index contributed by atoms with van der Waals surface area (Å²) >= 11 is 5.90. The molecule has 0 fully saturated rings.